The first-order valence-corrected chi connectivity index (χ1v) is 7.50. The molecule has 0 aliphatic rings. The number of nitrogens with one attached hydrogen (secondary N) is 1. The second-order valence-electron chi connectivity index (χ2n) is 5.90. The van der Waals surface area contributed by atoms with Gasteiger partial charge in [0.1, 0.15) is 5.82 Å². The smallest absolute Gasteiger partial charge is 0.232 e. The third kappa shape index (κ3) is 3.68. The topological polar surface area (TPSA) is 62.2 Å². The fourth-order valence-electron chi connectivity index (χ4n) is 1.91. The number of amides is 1. The van der Waals surface area contributed by atoms with Gasteiger partial charge in [-0.3, -0.25) is 9.78 Å². The monoisotopic (exact) mass is 336 g/mol. The molecule has 1 heterocycles. The van der Waals surface area contributed by atoms with Crippen molar-refractivity contribution in [1.82, 2.24) is 4.98 Å². The lowest BCUT2D eigenvalue weighted by molar-refractivity contribution is -0.129. The first-order chi connectivity index (χ1) is 10.7. The van der Waals surface area contributed by atoms with Crippen molar-refractivity contribution < 1.29 is 14.3 Å². The summed E-state index contributed by atoms with van der Waals surface area (Å²) in [6, 6.07) is 5.74. The molecule has 0 saturated heterocycles. The number of aromatic nitrogens is 1. The highest BCUT2D eigenvalue weighted by Gasteiger charge is 2.33. The number of rotatable bonds is 4. The highest BCUT2D eigenvalue weighted by molar-refractivity contribution is 6.33. The number of benzene rings is 1. The molecule has 0 fully saturated rings. The van der Waals surface area contributed by atoms with E-state index in [2.05, 4.69) is 10.3 Å². The van der Waals surface area contributed by atoms with Crippen LogP contribution < -0.4 is 5.32 Å². The maximum Gasteiger partial charge on any atom is 0.232 e. The van der Waals surface area contributed by atoms with Gasteiger partial charge in [-0.05, 0) is 45.0 Å². The minimum atomic E-state index is -0.973. The Balaban J connectivity index is 2.41. The summed E-state index contributed by atoms with van der Waals surface area (Å²) in [5.74, 6) is -0.784. The van der Waals surface area contributed by atoms with E-state index >= 15 is 0 Å². The summed E-state index contributed by atoms with van der Waals surface area (Å²) in [4.78, 5) is 16.4. The number of carbonyl (C=O) groups is 1. The van der Waals surface area contributed by atoms with Crippen LogP contribution in [-0.2, 0) is 4.79 Å². The Kier molecular flexibility index (Phi) is 5.02. The van der Waals surface area contributed by atoms with Crippen molar-refractivity contribution in [2.24, 2.45) is 5.41 Å². The predicted octanol–water partition coefficient (Wildman–Crippen LogP) is 3.89. The van der Waals surface area contributed by atoms with Gasteiger partial charge in [-0.2, -0.15) is 0 Å². The van der Waals surface area contributed by atoms with Gasteiger partial charge < -0.3 is 10.4 Å². The summed E-state index contributed by atoms with van der Waals surface area (Å²) in [7, 11) is 0. The van der Waals surface area contributed by atoms with E-state index < -0.39 is 17.3 Å². The van der Waals surface area contributed by atoms with Gasteiger partial charge in [0.25, 0.3) is 0 Å². The van der Waals surface area contributed by atoms with Crippen LogP contribution in [0.5, 0.6) is 0 Å². The number of carbonyl (C=O) groups excluding carboxylic acids is 1. The lowest BCUT2D eigenvalue weighted by atomic mass is 9.86. The van der Waals surface area contributed by atoms with Crippen LogP contribution in [0.25, 0.3) is 11.1 Å². The number of nitrogens with zero attached hydrogens (tertiary/aromatic N) is 1. The molecule has 122 valence electrons. The third-order valence-corrected chi connectivity index (χ3v) is 4.23. The summed E-state index contributed by atoms with van der Waals surface area (Å²) >= 11 is 6.10. The van der Waals surface area contributed by atoms with Gasteiger partial charge in [-0.25, -0.2) is 4.39 Å². The van der Waals surface area contributed by atoms with E-state index in [9.17, 15) is 14.3 Å². The highest BCUT2D eigenvalue weighted by atomic mass is 35.5. The largest absolute Gasteiger partial charge is 0.392 e. The molecule has 1 amide bonds. The fraction of sp³-hybridized carbons (Fsp3) is 0.294. The molecule has 0 saturated carbocycles. The molecule has 0 aliphatic carbocycles. The summed E-state index contributed by atoms with van der Waals surface area (Å²) in [5.41, 5.74) is 0.680. The average molecular weight is 337 g/mol. The minimum Gasteiger partial charge on any atom is -0.392 e. The number of aliphatic hydroxyl groups is 1. The van der Waals surface area contributed by atoms with Crippen molar-refractivity contribution in [2.45, 2.75) is 26.9 Å². The van der Waals surface area contributed by atoms with Crippen LogP contribution in [0.2, 0.25) is 5.02 Å². The quantitative estimate of drug-likeness (QED) is 0.890. The molecule has 0 radical (unpaired) electrons. The lowest BCUT2D eigenvalue weighted by Crippen LogP contribution is -2.39. The molecule has 0 bridgehead atoms. The van der Waals surface area contributed by atoms with Crippen LogP contribution in [-0.4, -0.2) is 22.1 Å². The summed E-state index contributed by atoms with van der Waals surface area (Å²) in [6.07, 6.45) is 2.23. The van der Waals surface area contributed by atoms with E-state index in [1.165, 1.54) is 18.3 Å². The van der Waals surface area contributed by atoms with E-state index in [-0.39, 0.29) is 10.9 Å². The Morgan fingerprint density at radius 3 is 2.65 bits per heavy atom. The molecule has 0 aliphatic heterocycles. The van der Waals surface area contributed by atoms with Crippen LogP contribution in [0.1, 0.15) is 20.8 Å². The van der Waals surface area contributed by atoms with Crippen molar-refractivity contribution in [3.63, 3.8) is 0 Å². The van der Waals surface area contributed by atoms with E-state index in [4.69, 9.17) is 11.6 Å². The first kappa shape index (κ1) is 17.4. The van der Waals surface area contributed by atoms with E-state index in [1.807, 2.05) is 0 Å². The minimum absolute atomic E-state index is 0.237. The second kappa shape index (κ2) is 6.64. The number of pyridine rings is 1. The van der Waals surface area contributed by atoms with Gasteiger partial charge in [0.05, 0.1) is 28.4 Å². The number of halogens is 2. The van der Waals surface area contributed by atoms with Crippen LogP contribution in [0.3, 0.4) is 0 Å². The average Bonchev–Trinajstić information content (AvgIpc) is 2.48. The Labute approximate surface area is 139 Å². The second-order valence-corrected chi connectivity index (χ2v) is 6.30. The fourth-order valence-corrected chi connectivity index (χ4v) is 2.18. The number of hydrogen-bond donors (Lipinski definition) is 2. The van der Waals surface area contributed by atoms with Crippen LogP contribution in [0.4, 0.5) is 10.1 Å². The molecular weight excluding hydrogens is 319 g/mol. The Bertz CT molecular complexity index is 732. The summed E-state index contributed by atoms with van der Waals surface area (Å²) in [5, 5.41) is 12.7. The lowest BCUT2D eigenvalue weighted by Gasteiger charge is -2.27. The van der Waals surface area contributed by atoms with Crippen molar-refractivity contribution in [3.05, 3.63) is 47.5 Å². The predicted molar refractivity (Wildman–Crippen MR) is 88.7 cm³/mol. The molecule has 2 N–H and O–H groups in total. The zero-order valence-electron chi connectivity index (χ0n) is 13.1. The number of hydrogen-bond acceptors (Lipinski definition) is 3. The molecule has 4 nitrogen and oxygen atoms in total. The Morgan fingerprint density at radius 2 is 2.04 bits per heavy atom. The van der Waals surface area contributed by atoms with Crippen molar-refractivity contribution >= 4 is 23.2 Å². The molecule has 6 heteroatoms. The van der Waals surface area contributed by atoms with Gasteiger partial charge >= 0.3 is 0 Å². The Hall–Kier alpha value is -1.98. The molecular formula is C17H18ClFN2O2. The third-order valence-electron chi connectivity index (χ3n) is 3.92. The highest BCUT2D eigenvalue weighted by Crippen LogP contribution is 2.34. The van der Waals surface area contributed by atoms with Gasteiger partial charge in [0, 0.05) is 17.3 Å². The maximum absolute atomic E-state index is 13.2. The number of aliphatic hydroxyl groups excluding tert-OH is 1. The van der Waals surface area contributed by atoms with Crippen LogP contribution in [0, 0.1) is 11.2 Å². The molecule has 1 atom stereocenters. The summed E-state index contributed by atoms with van der Waals surface area (Å²) < 4.78 is 13.2. The molecule has 1 aromatic carbocycles. The van der Waals surface area contributed by atoms with Gasteiger partial charge in [0.15, 0.2) is 0 Å². The summed E-state index contributed by atoms with van der Waals surface area (Å²) in [6.45, 7) is 4.85. The van der Waals surface area contributed by atoms with Gasteiger partial charge in [-0.15, -0.1) is 0 Å². The molecule has 1 aromatic heterocycles. The molecule has 23 heavy (non-hydrogen) atoms. The van der Waals surface area contributed by atoms with Gasteiger partial charge in [0.2, 0.25) is 5.91 Å². The number of anilines is 1. The van der Waals surface area contributed by atoms with Crippen molar-refractivity contribution in [2.75, 3.05) is 5.32 Å². The van der Waals surface area contributed by atoms with Crippen molar-refractivity contribution in [3.8, 4) is 11.1 Å². The Morgan fingerprint density at radius 1 is 1.35 bits per heavy atom. The van der Waals surface area contributed by atoms with E-state index in [0.29, 0.717) is 16.8 Å². The van der Waals surface area contributed by atoms with Crippen LogP contribution >= 0.6 is 11.6 Å². The van der Waals surface area contributed by atoms with E-state index in [0.717, 1.165) is 0 Å². The van der Waals surface area contributed by atoms with Crippen molar-refractivity contribution in [1.29, 1.82) is 0 Å². The van der Waals surface area contributed by atoms with E-state index in [1.54, 1.807) is 39.1 Å². The molecule has 2 rings (SSSR count). The molecule has 2 aromatic rings. The SMILES string of the molecule is CC(O)C(C)(C)C(=O)Nc1cnccc1-c1ccc(F)cc1Cl. The molecule has 0 spiro atoms. The van der Waals surface area contributed by atoms with Crippen LogP contribution in [0.15, 0.2) is 36.7 Å². The zero-order valence-corrected chi connectivity index (χ0v) is 13.9. The van der Waals surface area contributed by atoms with Gasteiger partial charge in [-0.1, -0.05) is 11.6 Å². The maximum atomic E-state index is 13.2. The first-order valence-electron chi connectivity index (χ1n) is 7.12. The zero-order chi connectivity index (χ0) is 17.2. The normalized spacial score (nSPS) is 12.8. The standard InChI is InChI=1S/C17H18ClFN2O2/c1-10(22)17(2,3)16(23)21-15-9-20-7-6-13(15)12-5-4-11(19)8-14(12)18/h4-10,22H,1-3H3,(H,21,23). The molecule has 1 unspecified atom stereocenters.